The van der Waals surface area contributed by atoms with Crippen LogP contribution in [0.4, 0.5) is 0 Å². The van der Waals surface area contributed by atoms with Gasteiger partial charge in [0.2, 0.25) is 0 Å². The number of rotatable bonds is 57. The summed E-state index contributed by atoms with van der Waals surface area (Å²) in [6.45, 7) is 6.66. The minimum Gasteiger partial charge on any atom is -0.462 e. The lowest BCUT2D eigenvalue weighted by Gasteiger charge is -2.18. The molecule has 0 aromatic heterocycles. The van der Waals surface area contributed by atoms with Crippen molar-refractivity contribution in [2.75, 3.05) is 13.2 Å². The molecule has 0 rings (SSSR count). The lowest BCUT2D eigenvalue weighted by Crippen LogP contribution is -2.30. The molecule has 0 aliphatic rings. The normalized spacial score (nSPS) is 12.2. The Bertz CT molecular complexity index is 1170. The standard InChI is InChI=1S/C64H118O6/c1-4-7-10-13-16-19-22-25-27-29-30-31-32-33-34-36-37-39-42-45-48-51-54-57-63(66)69-60-61(59-68-62(65)56-53-50-47-44-41-24-21-18-15-12-9-6-3)70-64(67)58-55-52-49-46-43-40-38-35-28-26-23-20-17-14-11-8-5-2/h22,25-26,28-30,61H,4-21,23-24,27,31-60H2,1-3H3/b25-22-,28-26-,30-29-. The van der Waals surface area contributed by atoms with Gasteiger partial charge in [0.1, 0.15) is 13.2 Å². The minimum atomic E-state index is -0.772. The second-order valence-electron chi connectivity index (χ2n) is 21.0. The van der Waals surface area contributed by atoms with E-state index >= 15 is 0 Å². The van der Waals surface area contributed by atoms with Gasteiger partial charge in [-0.2, -0.15) is 0 Å². The number of carbonyl (C=O) groups is 3. The molecular formula is C64H118O6. The largest absolute Gasteiger partial charge is 0.462 e. The minimum absolute atomic E-state index is 0.0703. The maximum absolute atomic E-state index is 12.9. The summed E-state index contributed by atoms with van der Waals surface area (Å²) in [4.78, 5) is 38.2. The molecule has 1 unspecified atom stereocenters. The molecule has 0 aliphatic heterocycles. The molecule has 0 heterocycles. The average Bonchev–Trinajstić information content (AvgIpc) is 3.36. The molecule has 410 valence electrons. The highest BCUT2D eigenvalue weighted by molar-refractivity contribution is 5.71. The predicted molar refractivity (Wildman–Crippen MR) is 302 cm³/mol. The van der Waals surface area contributed by atoms with Crippen LogP contribution in [0.2, 0.25) is 0 Å². The van der Waals surface area contributed by atoms with Crippen molar-refractivity contribution in [1.82, 2.24) is 0 Å². The Labute approximate surface area is 435 Å². The van der Waals surface area contributed by atoms with Gasteiger partial charge in [0, 0.05) is 19.3 Å². The summed E-state index contributed by atoms with van der Waals surface area (Å²) in [5.41, 5.74) is 0. The summed E-state index contributed by atoms with van der Waals surface area (Å²) in [5, 5.41) is 0. The van der Waals surface area contributed by atoms with E-state index in [0.29, 0.717) is 19.3 Å². The molecule has 6 heteroatoms. The zero-order valence-electron chi connectivity index (χ0n) is 47.1. The predicted octanol–water partition coefficient (Wildman–Crippen LogP) is 20.8. The smallest absolute Gasteiger partial charge is 0.306 e. The maximum Gasteiger partial charge on any atom is 0.306 e. The van der Waals surface area contributed by atoms with Crippen LogP contribution in [-0.4, -0.2) is 37.2 Å². The molecule has 0 spiro atoms. The molecule has 70 heavy (non-hydrogen) atoms. The third kappa shape index (κ3) is 56.5. The zero-order chi connectivity index (χ0) is 50.7. The SMILES string of the molecule is CCCCCCC/C=C\C/C=C\CCCCCCCCCCCCCC(=O)OCC(COC(=O)CCCCCCCCCCCCCC)OC(=O)CCCCCCCCC/C=C\CCCCCCCC. The monoisotopic (exact) mass is 983 g/mol. The van der Waals surface area contributed by atoms with Crippen LogP contribution in [0.5, 0.6) is 0 Å². The number of unbranched alkanes of at least 4 members (excludes halogenated alkanes) is 40. The lowest BCUT2D eigenvalue weighted by molar-refractivity contribution is -0.167. The highest BCUT2D eigenvalue weighted by Gasteiger charge is 2.19. The Hall–Kier alpha value is -2.37. The summed E-state index contributed by atoms with van der Waals surface area (Å²) < 4.78 is 16.9. The highest BCUT2D eigenvalue weighted by Crippen LogP contribution is 2.17. The van der Waals surface area contributed by atoms with Crippen molar-refractivity contribution in [3.8, 4) is 0 Å². The number of ether oxygens (including phenoxy) is 3. The van der Waals surface area contributed by atoms with Gasteiger partial charge in [-0.05, 0) is 77.0 Å². The molecule has 0 fully saturated rings. The van der Waals surface area contributed by atoms with Crippen LogP contribution in [0.25, 0.3) is 0 Å². The molecule has 0 amide bonds. The number of hydrogen-bond acceptors (Lipinski definition) is 6. The number of carbonyl (C=O) groups excluding carboxylic acids is 3. The first-order chi connectivity index (χ1) is 34.5. The van der Waals surface area contributed by atoms with Crippen LogP contribution in [0.15, 0.2) is 36.5 Å². The van der Waals surface area contributed by atoms with Gasteiger partial charge in [0.15, 0.2) is 6.10 Å². The summed E-state index contributed by atoms with van der Waals surface area (Å²) in [5.74, 6) is -0.857. The Morgan fingerprint density at radius 1 is 0.286 bits per heavy atom. The van der Waals surface area contributed by atoms with E-state index in [9.17, 15) is 14.4 Å². The quantitative estimate of drug-likeness (QED) is 0.0261. The van der Waals surface area contributed by atoms with Crippen LogP contribution in [0.3, 0.4) is 0 Å². The average molecular weight is 984 g/mol. The fourth-order valence-corrected chi connectivity index (χ4v) is 9.18. The van der Waals surface area contributed by atoms with E-state index in [1.807, 2.05) is 0 Å². The van der Waals surface area contributed by atoms with E-state index in [2.05, 4.69) is 57.2 Å². The van der Waals surface area contributed by atoms with Crippen LogP contribution >= 0.6 is 0 Å². The number of hydrogen-bond donors (Lipinski definition) is 0. The van der Waals surface area contributed by atoms with Crippen molar-refractivity contribution in [3.05, 3.63) is 36.5 Å². The first-order valence-electron chi connectivity index (χ1n) is 31.0. The maximum atomic E-state index is 12.9. The van der Waals surface area contributed by atoms with Crippen molar-refractivity contribution < 1.29 is 28.6 Å². The van der Waals surface area contributed by atoms with Crippen molar-refractivity contribution in [1.29, 1.82) is 0 Å². The Balaban J connectivity index is 4.27. The molecule has 0 aromatic carbocycles. The molecule has 6 nitrogen and oxygen atoms in total. The lowest BCUT2D eigenvalue weighted by atomic mass is 10.0. The summed E-state index contributed by atoms with van der Waals surface area (Å²) in [7, 11) is 0. The summed E-state index contributed by atoms with van der Waals surface area (Å²) in [6, 6.07) is 0. The van der Waals surface area contributed by atoms with Gasteiger partial charge >= 0.3 is 17.9 Å². The van der Waals surface area contributed by atoms with Gasteiger partial charge in [-0.25, -0.2) is 0 Å². The summed E-state index contributed by atoms with van der Waals surface area (Å²) >= 11 is 0. The fourth-order valence-electron chi connectivity index (χ4n) is 9.18. The third-order valence-electron chi connectivity index (χ3n) is 13.9. The van der Waals surface area contributed by atoms with Gasteiger partial charge in [-0.15, -0.1) is 0 Å². The van der Waals surface area contributed by atoms with Crippen molar-refractivity contribution in [2.45, 2.75) is 341 Å². The van der Waals surface area contributed by atoms with Crippen LogP contribution in [-0.2, 0) is 28.6 Å². The fraction of sp³-hybridized carbons (Fsp3) is 0.859. The van der Waals surface area contributed by atoms with Gasteiger partial charge in [0.25, 0.3) is 0 Å². The number of esters is 3. The van der Waals surface area contributed by atoms with E-state index in [-0.39, 0.29) is 31.1 Å². The van der Waals surface area contributed by atoms with Crippen molar-refractivity contribution >= 4 is 17.9 Å². The number of allylic oxidation sites excluding steroid dienone is 6. The first-order valence-corrected chi connectivity index (χ1v) is 31.0. The Kier molecular flexibility index (Phi) is 57.2. The second kappa shape index (κ2) is 59.2. The van der Waals surface area contributed by atoms with E-state index in [1.165, 1.54) is 231 Å². The van der Waals surface area contributed by atoms with E-state index in [4.69, 9.17) is 14.2 Å². The van der Waals surface area contributed by atoms with E-state index in [0.717, 1.165) is 64.2 Å². The van der Waals surface area contributed by atoms with E-state index in [1.54, 1.807) is 0 Å². The summed E-state index contributed by atoms with van der Waals surface area (Å²) in [6.07, 6.45) is 71.4. The van der Waals surface area contributed by atoms with Crippen LogP contribution < -0.4 is 0 Å². The van der Waals surface area contributed by atoms with Crippen molar-refractivity contribution in [3.63, 3.8) is 0 Å². The van der Waals surface area contributed by atoms with E-state index < -0.39 is 6.10 Å². The molecule has 0 aromatic rings. The van der Waals surface area contributed by atoms with Crippen LogP contribution in [0.1, 0.15) is 335 Å². The molecular weight excluding hydrogens is 865 g/mol. The first kappa shape index (κ1) is 67.6. The molecule has 0 aliphatic carbocycles. The molecule has 0 saturated carbocycles. The highest BCUT2D eigenvalue weighted by atomic mass is 16.6. The third-order valence-corrected chi connectivity index (χ3v) is 13.9. The van der Waals surface area contributed by atoms with Crippen molar-refractivity contribution in [2.24, 2.45) is 0 Å². The molecule has 0 bridgehead atoms. The van der Waals surface area contributed by atoms with Gasteiger partial charge in [0.05, 0.1) is 0 Å². The second-order valence-corrected chi connectivity index (χ2v) is 21.0. The Morgan fingerprint density at radius 3 is 0.800 bits per heavy atom. The molecule has 1 atom stereocenters. The van der Waals surface area contributed by atoms with Crippen LogP contribution in [0, 0.1) is 0 Å². The van der Waals surface area contributed by atoms with Gasteiger partial charge in [-0.1, -0.05) is 276 Å². The van der Waals surface area contributed by atoms with Gasteiger partial charge in [-0.3, -0.25) is 14.4 Å². The zero-order valence-corrected chi connectivity index (χ0v) is 47.1. The van der Waals surface area contributed by atoms with Gasteiger partial charge < -0.3 is 14.2 Å². The molecule has 0 radical (unpaired) electrons. The topological polar surface area (TPSA) is 78.9 Å². The Morgan fingerprint density at radius 2 is 0.514 bits per heavy atom. The molecule has 0 N–H and O–H groups in total. The molecule has 0 saturated heterocycles.